The lowest BCUT2D eigenvalue weighted by atomic mass is 10.3. The van der Waals surface area contributed by atoms with Gasteiger partial charge in [-0.3, -0.25) is 9.36 Å². The summed E-state index contributed by atoms with van der Waals surface area (Å²) in [6.45, 7) is -0.0367. The molecule has 0 fully saturated rings. The van der Waals surface area contributed by atoms with Gasteiger partial charge in [0.25, 0.3) is 0 Å². The van der Waals surface area contributed by atoms with Crippen LogP contribution in [0.3, 0.4) is 0 Å². The van der Waals surface area contributed by atoms with Gasteiger partial charge in [0.05, 0.1) is 6.16 Å². The van der Waals surface area contributed by atoms with E-state index in [-0.39, 0.29) is 19.2 Å². The van der Waals surface area contributed by atoms with Crippen molar-refractivity contribution in [1.29, 1.82) is 0 Å². The first-order valence-electron chi connectivity index (χ1n) is 4.37. The minimum atomic E-state index is -3.01. The van der Waals surface area contributed by atoms with Crippen LogP contribution >= 0.6 is 7.60 Å². The van der Waals surface area contributed by atoms with E-state index in [4.69, 9.17) is 15.5 Å². The van der Waals surface area contributed by atoms with Crippen molar-refractivity contribution in [2.45, 2.75) is 12.8 Å². The Labute approximate surface area is 89.6 Å². The molecule has 0 bridgehead atoms. The summed E-state index contributed by atoms with van der Waals surface area (Å²) in [5, 5.41) is 0. The number of hydrogen-bond acceptors (Lipinski definition) is 5. The van der Waals surface area contributed by atoms with Crippen LogP contribution in [0.15, 0.2) is 0 Å². The lowest BCUT2D eigenvalue weighted by Crippen LogP contribution is -2.06. The van der Waals surface area contributed by atoms with Crippen molar-refractivity contribution in [3.63, 3.8) is 0 Å². The molecule has 0 atom stereocenters. The molecule has 0 amide bonds. The summed E-state index contributed by atoms with van der Waals surface area (Å²) in [5.74, 6) is 1.77. The zero-order valence-corrected chi connectivity index (χ0v) is 9.79. The Kier molecular flexibility index (Phi) is 7.06. The highest BCUT2D eigenvalue weighted by molar-refractivity contribution is 7.53. The minimum absolute atomic E-state index is 0.0367. The predicted molar refractivity (Wildman–Crippen MR) is 55.5 cm³/mol. The van der Waals surface area contributed by atoms with Crippen molar-refractivity contribution in [3.05, 3.63) is 0 Å². The van der Waals surface area contributed by atoms with Gasteiger partial charge in [0.1, 0.15) is 0 Å². The van der Waals surface area contributed by atoms with E-state index in [0.717, 1.165) is 0 Å². The lowest BCUT2D eigenvalue weighted by Gasteiger charge is -2.12. The fourth-order valence-corrected chi connectivity index (χ4v) is 1.93. The van der Waals surface area contributed by atoms with Crippen LogP contribution in [0, 0.1) is 12.3 Å². The normalized spacial score (nSPS) is 10.7. The molecule has 0 aromatic rings. The molecule has 0 aromatic carbocycles. The van der Waals surface area contributed by atoms with Crippen LogP contribution in [0.4, 0.5) is 0 Å². The highest BCUT2D eigenvalue weighted by Gasteiger charge is 2.20. The maximum atomic E-state index is 11.5. The minimum Gasteiger partial charge on any atom is -0.452 e. The smallest absolute Gasteiger partial charge is 0.330 e. The van der Waals surface area contributed by atoms with Crippen LogP contribution in [0.25, 0.3) is 0 Å². The van der Waals surface area contributed by atoms with Crippen molar-refractivity contribution in [3.8, 4) is 12.3 Å². The largest absolute Gasteiger partial charge is 0.452 e. The van der Waals surface area contributed by atoms with Crippen LogP contribution in [0.5, 0.6) is 0 Å². The maximum absolute atomic E-state index is 11.5. The summed E-state index contributed by atoms with van der Waals surface area (Å²) < 4.78 is 25.5. The average Bonchev–Trinajstić information content (AvgIpc) is 2.26. The molecular formula is C9H15O5P. The standard InChI is InChI=1S/C9H15O5P/c1-4-7-14-9(10)6-5-8-15(11,12-2)13-3/h1H,5-8H2,2-3H3. The number of esters is 1. The van der Waals surface area contributed by atoms with Gasteiger partial charge in [-0.15, -0.1) is 6.42 Å². The molecule has 0 rings (SSSR count). The molecule has 0 aromatic heterocycles. The Balaban J connectivity index is 3.75. The van der Waals surface area contributed by atoms with Crippen LogP contribution in [-0.2, 0) is 23.1 Å². The predicted octanol–water partition coefficient (Wildman–Crippen LogP) is 1.43. The molecular weight excluding hydrogens is 219 g/mol. The number of terminal acetylenes is 1. The molecule has 86 valence electrons. The molecule has 0 saturated carbocycles. The highest BCUT2D eigenvalue weighted by atomic mass is 31.2. The van der Waals surface area contributed by atoms with Crippen LogP contribution in [0.1, 0.15) is 12.8 Å². The van der Waals surface area contributed by atoms with E-state index in [1.54, 1.807) is 0 Å². The van der Waals surface area contributed by atoms with Gasteiger partial charge in [-0.25, -0.2) is 0 Å². The fraction of sp³-hybridized carbons (Fsp3) is 0.667. The second-order valence-electron chi connectivity index (χ2n) is 2.67. The van der Waals surface area contributed by atoms with E-state index >= 15 is 0 Å². The first-order valence-corrected chi connectivity index (χ1v) is 6.10. The Morgan fingerprint density at radius 3 is 2.47 bits per heavy atom. The monoisotopic (exact) mass is 234 g/mol. The summed E-state index contributed by atoms with van der Waals surface area (Å²) in [4.78, 5) is 11.0. The first-order chi connectivity index (χ1) is 7.08. The molecule has 0 heterocycles. The van der Waals surface area contributed by atoms with Crippen molar-refractivity contribution in [2.24, 2.45) is 0 Å². The molecule has 0 spiro atoms. The van der Waals surface area contributed by atoms with Gasteiger partial charge in [-0.1, -0.05) is 5.92 Å². The van der Waals surface area contributed by atoms with Gasteiger partial charge < -0.3 is 13.8 Å². The molecule has 0 aliphatic heterocycles. The second kappa shape index (κ2) is 7.47. The molecule has 15 heavy (non-hydrogen) atoms. The number of hydrogen-bond donors (Lipinski definition) is 0. The van der Waals surface area contributed by atoms with E-state index < -0.39 is 13.6 Å². The van der Waals surface area contributed by atoms with E-state index in [0.29, 0.717) is 6.42 Å². The third-order valence-electron chi connectivity index (χ3n) is 1.69. The number of ether oxygens (including phenoxy) is 1. The van der Waals surface area contributed by atoms with E-state index in [9.17, 15) is 9.36 Å². The Hall–Kier alpha value is -0.820. The topological polar surface area (TPSA) is 61.8 Å². The average molecular weight is 234 g/mol. The molecule has 0 aliphatic rings. The SMILES string of the molecule is C#CCOC(=O)CCCP(=O)(OC)OC. The molecule has 6 heteroatoms. The van der Waals surface area contributed by atoms with Crippen LogP contribution < -0.4 is 0 Å². The van der Waals surface area contributed by atoms with Crippen LogP contribution in [-0.4, -0.2) is 33.0 Å². The third-order valence-corrected chi connectivity index (χ3v) is 3.66. The van der Waals surface area contributed by atoms with Gasteiger partial charge in [0.15, 0.2) is 6.61 Å². The van der Waals surface area contributed by atoms with Gasteiger partial charge in [0, 0.05) is 20.6 Å². The summed E-state index contributed by atoms with van der Waals surface area (Å²) in [5.41, 5.74) is 0. The Morgan fingerprint density at radius 2 is 2.00 bits per heavy atom. The summed E-state index contributed by atoms with van der Waals surface area (Å²) in [6, 6.07) is 0. The Morgan fingerprint density at radius 1 is 1.40 bits per heavy atom. The molecule has 0 aliphatic carbocycles. The van der Waals surface area contributed by atoms with Crippen molar-refractivity contribution in [2.75, 3.05) is 27.0 Å². The zero-order valence-electron chi connectivity index (χ0n) is 8.89. The van der Waals surface area contributed by atoms with E-state index in [1.807, 2.05) is 0 Å². The third kappa shape index (κ3) is 6.29. The number of carbonyl (C=O) groups excluding carboxylic acids is 1. The lowest BCUT2D eigenvalue weighted by molar-refractivity contribution is -0.142. The number of rotatable bonds is 7. The first kappa shape index (κ1) is 14.2. The van der Waals surface area contributed by atoms with E-state index in [1.165, 1.54) is 14.2 Å². The summed E-state index contributed by atoms with van der Waals surface area (Å²) in [6.07, 6.45) is 5.62. The van der Waals surface area contributed by atoms with Gasteiger partial charge in [0.2, 0.25) is 0 Å². The van der Waals surface area contributed by atoms with Crippen LogP contribution in [0.2, 0.25) is 0 Å². The molecule has 5 nitrogen and oxygen atoms in total. The Bertz CT molecular complexity index is 273. The van der Waals surface area contributed by atoms with Crippen molar-refractivity contribution < 1.29 is 23.1 Å². The molecule has 0 N–H and O–H groups in total. The highest BCUT2D eigenvalue weighted by Crippen LogP contribution is 2.46. The summed E-state index contributed by atoms with van der Waals surface area (Å²) in [7, 11) is -0.398. The molecule has 0 radical (unpaired) electrons. The van der Waals surface area contributed by atoms with Gasteiger partial charge in [-0.05, 0) is 6.42 Å². The molecule has 0 saturated heterocycles. The quantitative estimate of drug-likeness (QED) is 0.379. The van der Waals surface area contributed by atoms with Gasteiger partial charge >= 0.3 is 13.6 Å². The fourth-order valence-electron chi connectivity index (χ4n) is 0.868. The summed E-state index contributed by atoms with van der Waals surface area (Å²) >= 11 is 0. The second-order valence-corrected chi connectivity index (χ2v) is 5.07. The maximum Gasteiger partial charge on any atom is 0.330 e. The van der Waals surface area contributed by atoms with Crippen molar-refractivity contribution in [1.82, 2.24) is 0 Å². The number of carbonyl (C=O) groups is 1. The van der Waals surface area contributed by atoms with Crippen molar-refractivity contribution >= 4 is 13.6 Å². The van der Waals surface area contributed by atoms with E-state index in [2.05, 4.69) is 10.7 Å². The zero-order chi connectivity index (χ0) is 11.7. The molecule has 0 unspecified atom stereocenters. The van der Waals surface area contributed by atoms with Gasteiger partial charge in [-0.2, -0.15) is 0 Å².